The zero-order chi connectivity index (χ0) is 20.3. The molecule has 2 aromatic carbocycles. The number of nitrogens with zero attached hydrogens (tertiary/aromatic N) is 1. The largest absolute Gasteiger partial charge is 0.486 e. The van der Waals surface area contributed by atoms with Gasteiger partial charge in [0.1, 0.15) is 13.2 Å². The predicted molar refractivity (Wildman–Crippen MR) is 105 cm³/mol. The standard InChI is InChI=1S/C20H24N2O5S/c1-4-17(15-7-10-18-19(13-15)27-12-11-26-18)21-20(23)14-5-8-16(9-6-14)28(24,25)22(2)3/h5-10,13,17H,4,11-12H2,1-3H3,(H,21,23). The number of ether oxygens (including phenoxy) is 2. The third kappa shape index (κ3) is 4.13. The number of rotatable bonds is 6. The number of carbonyl (C=O) groups is 1. The fourth-order valence-electron chi connectivity index (χ4n) is 2.93. The number of benzene rings is 2. The van der Waals surface area contributed by atoms with Crippen molar-refractivity contribution >= 4 is 15.9 Å². The van der Waals surface area contributed by atoms with Gasteiger partial charge in [0.05, 0.1) is 10.9 Å². The van der Waals surface area contributed by atoms with Crippen LogP contribution in [-0.4, -0.2) is 45.9 Å². The van der Waals surface area contributed by atoms with E-state index in [0.29, 0.717) is 36.7 Å². The molecule has 0 saturated heterocycles. The van der Waals surface area contributed by atoms with E-state index < -0.39 is 10.0 Å². The van der Waals surface area contributed by atoms with Crippen LogP contribution < -0.4 is 14.8 Å². The first-order valence-corrected chi connectivity index (χ1v) is 10.5. The number of carbonyl (C=O) groups excluding carboxylic acids is 1. The molecule has 8 heteroatoms. The van der Waals surface area contributed by atoms with Gasteiger partial charge in [-0.15, -0.1) is 0 Å². The van der Waals surface area contributed by atoms with Crippen molar-refractivity contribution in [2.24, 2.45) is 0 Å². The van der Waals surface area contributed by atoms with E-state index >= 15 is 0 Å². The van der Waals surface area contributed by atoms with Crippen molar-refractivity contribution in [1.29, 1.82) is 0 Å². The summed E-state index contributed by atoms with van der Waals surface area (Å²) in [7, 11) is -0.588. The summed E-state index contributed by atoms with van der Waals surface area (Å²) in [5, 5.41) is 2.99. The second-order valence-corrected chi connectivity index (χ2v) is 8.80. The molecule has 1 aliphatic rings. The zero-order valence-corrected chi connectivity index (χ0v) is 17.0. The van der Waals surface area contributed by atoms with Gasteiger partial charge in [-0.05, 0) is 48.4 Å². The van der Waals surface area contributed by atoms with Gasteiger partial charge in [-0.3, -0.25) is 4.79 Å². The van der Waals surface area contributed by atoms with Crippen LogP contribution in [0.5, 0.6) is 11.5 Å². The number of hydrogen-bond donors (Lipinski definition) is 1. The van der Waals surface area contributed by atoms with Crippen LogP contribution in [0, 0.1) is 0 Å². The molecular weight excluding hydrogens is 380 g/mol. The maximum atomic E-state index is 12.6. The van der Waals surface area contributed by atoms with Gasteiger partial charge in [0, 0.05) is 19.7 Å². The minimum absolute atomic E-state index is 0.146. The van der Waals surface area contributed by atoms with Crippen LogP contribution in [0.1, 0.15) is 35.3 Å². The molecule has 0 fully saturated rings. The Hall–Kier alpha value is -2.58. The van der Waals surface area contributed by atoms with Crippen molar-refractivity contribution in [3.8, 4) is 11.5 Å². The zero-order valence-electron chi connectivity index (χ0n) is 16.1. The maximum Gasteiger partial charge on any atom is 0.251 e. The normalized spacial score (nSPS) is 14.6. The van der Waals surface area contributed by atoms with Crippen LogP contribution >= 0.6 is 0 Å². The molecule has 1 amide bonds. The number of fused-ring (bicyclic) bond motifs is 1. The lowest BCUT2D eigenvalue weighted by Crippen LogP contribution is -2.28. The Morgan fingerprint density at radius 3 is 2.32 bits per heavy atom. The summed E-state index contributed by atoms with van der Waals surface area (Å²) in [6.45, 7) is 3.01. The molecule has 7 nitrogen and oxygen atoms in total. The van der Waals surface area contributed by atoms with Gasteiger partial charge in [-0.2, -0.15) is 0 Å². The van der Waals surface area contributed by atoms with Crippen molar-refractivity contribution < 1.29 is 22.7 Å². The summed E-state index contributed by atoms with van der Waals surface area (Å²) < 4.78 is 36.6. The Morgan fingerprint density at radius 1 is 1.07 bits per heavy atom. The average molecular weight is 404 g/mol. The highest BCUT2D eigenvalue weighted by Crippen LogP contribution is 2.33. The van der Waals surface area contributed by atoms with E-state index in [-0.39, 0.29) is 16.8 Å². The van der Waals surface area contributed by atoms with E-state index in [0.717, 1.165) is 9.87 Å². The number of sulfonamides is 1. The van der Waals surface area contributed by atoms with E-state index in [1.54, 1.807) is 0 Å². The Balaban J connectivity index is 1.75. The highest BCUT2D eigenvalue weighted by atomic mass is 32.2. The van der Waals surface area contributed by atoms with E-state index in [2.05, 4.69) is 5.32 Å². The molecule has 3 rings (SSSR count). The molecule has 150 valence electrons. The first-order valence-electron chi connectivity index (χ1n) is 9.06. The Bertz CT molecular complexity index is 955. The smallest absolute Gasteiger partial charge is 0.251 e. The molecule has 0 spiro atoms. The van der Waals surface area contributed by atoms with Gasteiger partial charge >= 0.3 is 0 Å². The summed E-state index contributed by atoms with van der Waals surface area (Å²) in [5.74, 6) is 1.11. The Labute approximate surface area is 165 Å². The van der Waals surface area contributed by atoms with Gasteiger partial charge < -0.3 is 14.8 Å². The summed E-state index contributed by atoms with van der Waals surface area (Å²) in [6, 6.07) is 11.4. The van der Waals surface area contributed by atoms with Crippen LogP contribution in [0.4, 0.5) is 0 Å². The monoisotopic (exact) mass is 404 g/mol. The molecule has 0 saturated carbocycles. The van der Waals surface area contributed by atoms with Crippen molar-refractivity contribution in [2.45, 2.75) is 24.3 Å². The molecule has 0 radical (unpaired) electrons. The molecule has 28 heavy (non-hydrogen) atoms. The molecule has 1 unspecified atom stereocenters. The first-order chi connectivity index (χ1) is 13.3. The van der Waals surface area contributed by atoms with E-state index in [4.69, 9.17) is 9.47 Å². The van der Waals surface area contributed by atoms with Crippen LogP contribution in [-0.2, 0) is 10.0 Å². The SMILES string of the molecule is CCC(NC(=O)c1ccc(S(=O)(=O)N(C)C)cc1)c1ccc2c(c1)OCCO2. The van der Waals surface area contributed by atoms with Gasteiger partial charge in [0.15, 0.2) is 11.5 Å². The Morgan fingerprint density at radius 2 is 1.71 bits per heavy atom. The highest BCUT2D eigenvalue weighted by Gasteiger charge is 2.20. The predicted octanol–water partition coefficient (Wildman–Crippen LogP) is 2.59. The van der Waals surface area contributed by atoms with Crippen molar-refractivity contribution in [3.05, 3.63) is 53.6 Å². The topological polar surface area (TPSA) is 84.9 Å². The first kappa shape index (κ1) is 20.2. The highest BCUT2D eigenvalue weighted by molar-refractivity contribution is 7.89. The number of hydrogen-bond acceptors (Lipinski definition) is 5. The van der Waals surface area contributed by atoms with Crippen LogP contribution in [0.15, 0.2) is 47.4 Å². The van der Waals surface area contributed by atoms with E-state index in [1.807, 2.05) is 25.1 Å². The third-order valence-corrected chi connectivity index (χ3v) is 6.41. The molecule has 1 atom stereocenters. The Kier molecular flexibility index (Phi) is 5.90. The molecular formula is C20H24N2O5S. The fourth-order valence-corrected chi connectivity index (χ4v) is 3.83. The summed E-state index contributed by atoms with van der Waals surface area (Å²) >= 11 is 0. The maximum absolute atomic E-state index is 12.6. The fraction of sp³-hybridized carbons (Fsp3) is 0.350. The number of amides is 1. The lowest BCUT2D eigenvalue weighted by molar-refractivity contribution is 0.0935. The lowest BCUT2D eigenvalue weighted by Gasteiger charge is -2.22. The van der Waals surface area contributed by atoms with Crippen molar-refractivity contribution in [3.63, 3.8) is 0 Å². The third-order valence-electron chi connectivity index (χ3n) is 4.58. The molecule has 1 N–H and O–H groups in total. The number of nitrogens with one attached hydrogen (secondary N) is 1. The van der Waals surface area contributed by atoms with E-state index in [1.165, 1.54) is 38.4 Å². The van der Waals surface area contributed by atoms with E-state index in [9.17, 15) is 13.2 Å². The second-order valence-electron chi connectivity index (χ2n) is 6.65. The van der Waals surface area contributed by atoms with Gasteiger partial charge in [-0.1, -0.05) is 13.0 Å². The van der Waals surface area contributed by atoms with Gasteiger partial charge in [-0.25, -0.2) is 12.7 Å². The van der Waals surface area contributed by atoms with Gasteiger partial charge in [0.25, 0.3) is 5.91 Å². The average Bonchev–Trinajstić information content (AvgIpc) is 2.71. The molecule has 0 aromatic heterocycles. The quantitative estimate of drug-likeness (QED) is 0.800. The van der Waals surface area contributed by atoms with Gasteiger partial charge in [0.2, 0.25) is 10.0 Å². The minimum atomic E-state index is -3.52. The molecule has 2 aromatic rings. The summed E-state index contributed by atoms with van der Waals surface area (Å²) in [4.78, 5) is 12.8. The summed E-state index contributed by atoms with van der Waals surface area (Å²) in [6.07, 6.45) is 0.693. The van der Waals surface area contributed by atoms with Crippen LogP contribution in [0.2, 0.25) is 0 Å². The van der Waals surface area contributed by atoms with Crippen LogP contribution in [0.25, 0.3) is 0 Å². The summed E-state index contributed by atoms with van der Waals surface area (Å²) in [5.41, 5.74) is 1.32. The van der Waals surface area contributed by atoms with Crippen molar-refractivity contribution in [2.75, 3.05) is 27.3 Å². The van der Waals surface area contributed by atoms with Crippen LogP contribution in [0.3, 0.4) is 0 Å². The lowest BCUT2D eigenvalue weighted by atomic mass is 10.0. The molecule has 1 aliphatic heterocycles. The second kappa shape index (κ2) is 8.20. The minimum Gasteiger partial charge on any atom is -0.486 e. The molecule has 1 heterocycles. The molecule has 0 bridgehead atoms. The molecule has 0 aliphatic carbocycles. The van der Waals surface area contributed by atoms with Crippen molar-refractivity contribution in [1.82, 2.24) is 9.62 Å².